The number of hydrogen-bond acceptors (Lipinski definition) is 7. The molecule has 0 aliphatic carbocycles. The van der Waals surface area contributed by atoms with E-state index in [4.69, 9.17) is 0 Å². The molecule has 1 fully saturated rings. The third-order valence-electron chi connectivity index (χ3n) is 4.75. The van der Waals surface area contributed by atoms with E-state index in [2.05, 4.69) is 25.3 Å². The number of amides is 1. The molecule has 0 aromatic carbocycles. The van der Waals surface area contributed by atoms with Gasteiger partial charge in [0.25, 0.3) is 11.8 Å². The van der Waals surface area contributed by atoms with E-state index < -0.39 is 18.4 Å². The van der Waals surface area contributed by atoms with Crippen LogP contribution in [-0.4, -0.2) is 44.9 Å². The first-order chi connectivity index (χ1) is 14.3. The van der Waals surface area contributed by atoms with Gasteiger partial charge < -0.3 is 10.2 Å². The van der Waals surface area contributed by atoms with Crippen LogP contribution in [0, 0.1) is 0 Å². The molecule has 10 heteroatoms. The third-order valence-corrected chi connectivity index (χ3v) is 5.56. The van der Waals surface area contributed by atoms with Gasteiger partial charge in [-0.2, -0.15) is 0 Å². The average molecular weight is 430 g/mol. The summed E-state index contributed by atoms with van der Waals surface area (Å²) < 4.78 is 27.7. The molecule has 156 valence electrons. The van der Waals surface area contributed by atoms with Gasteiger partial charge in [0.15, 0.2) is 5.82 Å². The van der Waals surface area contributed by atoms with Gasteiger partial charge in [-0.05, 0) is 6.07 Å². The maximum atomic E-state index is 13.8. The third kappa shape index (κ3) is 4.13. The normalized spacial score (nSPS) is 15.6. The molecule has 0 saturated carbocycles. The van der Waals surface area contributed by atoms with E-state index in [0.717, 1.165) is 0 Å². The number of hydrogen-bond donors (Lipinski definition) is 1. The SMILES string of the molecule is CC(C)c1ncc(C(=O)Nc2c(-c3nccs3)ccnc2N2CCC(F)(F)C2)cn1. The van der Waals surface area contributed by atoms with Crippen LogP contribution in [0.5, 0.6) is 0 Å². The Bertz CT molecular complexity index is 1040. The van der Waals surface area contributed by atoms with Crippen molar-refractivity contribution in [2.45, 2.75) is 32.1 Å². The van der Waals surface area contributed by atoms with Gasteiger partial charge in [-0.3, -0.25) is 4.79 Å². The maximum Gasteiger partial charge on any atom is 0.266 e. The van der Waals surface area contributed by atoms with Crippen LogP contribution in [0.25, 0.3) is 10.6 Å². The number of alkyl halides is 2. The molecule has 1 aliphatic heterocycles. The van der Waals surface area contributed by atoms with Crippen LogP contribution in [-0.2, 0) is 0 Å². The summed E-state index contributed by atoms with van der Waals surface area (Å²) in [5.74, 6) is -2.16. The van der Waals surface area contributed by atoms with Crippen LogP contribution in [0.15, 0.2) is 36.2 Å². The summed E-state index contributed by atoms with van der Waals surface area (Å²) in [5, 5.41) is 5.30. The molecule has 1 saturated heterocycles. The van der Waals surface area contributed by atoms with Crippen molar-refractivity contribution in [1.82, 2.24) is 19.9 Å². The summed E-state index contributed by atoms with van der Waals surface area (Å²) in [6.45, 7) is 3.62. The van der Waals surface area contributed by atoms with Crippen molar-refractivity contribution in [2.24, 2.45) is 0 Å². The zero-order valence-electron chi connectivity index (χ0n) is 16.5. The van der Waals surface area contributed by atoms with Crippen LogP contribution >= 0.6 is 11.3 Å². The molecule has 0 radical (unpaired) electrons. The quantitative estimate of drug-likeness (QED) is 0.653. The second kappa shape index (κ2) is 8.02. The summed E-state index contributed by atoms with van der Waals surface area (Å²) in [6.07, 6.45) is 5.85. The number of nitrogens with one attached hydrogen (secondary N) is 1. The highest BCUT2D eigenvalue weighted by Gasteiger charge is 2.40. The number of pyridine rings is 1. The van der Waals surface area contributed by atoms with Gasteiger partial charge in [-0.15, -0.1) is 11.3 Å². The van der Waals surface area contributed by atoms with Crippen LogP contribution < -0.4 is 10.2 Å². The molecule has 0 atom stereocenters. The Morgan fingerprint density at radius 3 is 2.57 bits per heavy atom. The Hall–Kier alpha value is -3.01. The minimum atomic E-state index is -2.79. The first-order valence-corrected chi connectivity index (χ1v) is 10.4. The lowest BCUT2D eigenvalue weighted by Crippen LogP contribution is -2.27. The Morgan fingerprint density at radius 1 is 1.20 bits per heavy atom. The number of thiazole rings is 1. The number of rotatable bonds is 5. The number of halogens is 2. The van der Waals surface area contributed by atoms with Crippen molar-refractivity contribution in [3.8, 4) is 10.6 Å². The van der Waals surface area contributed by atoms with Gasteiger partial charge in [-0.1, -0.05) is 13.8 Å². The second-order valence-corrected chi connectivity index (χ2v) is 8.26. The molecular weight excluding hydrogens is 410 g/mol. The summed E-state index contributed by atoms with van der Waals surface area (Å²) in [4.78, 5) is 31.5. The lowest BCUT2D eigenvalue weighted by Gasteiger charge is -2.22. The van der Waals surface area contributed by atoms with Crippen LogP contribution in [0.3, 0.4) is 0 Å². The Balaban J connectivity index is 1.70. The number of carbonyl (C=O) groups excluding carboxylic acids is 1. The minimum Gasteiger partial charge on any atom is -0.349 e. The Labute approximate surface area is 176 Å². The average Bonchev–Trinajstić information content (AvgIpc) is 3.37. The molecular formula is C20H20F2N6OS. The molecule has 30 heavy (non-hydrogen) atoms. The molecule has 1 N–H and O–H groups in total. The summed E-state index contributed by atoms with van der Waals surface area (Å²) >= 11 is 1.39. The van der Waals surface area contributed by atoms with Crippen LogP contribution in [0.2, 0.25) is 0 Å². The fourth-order valence-electron chi connectivity index (χ4n) is 3.20. The first-order valence-electron chi connectivity index (χ1n) is 9.49. The first kappa shape index (κ1) is 20.3. The zero-order chi connectivity index (χ0) is 21.3. The predicted molar refractivity (Wildman–Crippen MR) is 111 cm³/mol. The van der Waals surface area contributed by atoms with Crippen LogP contribution in [0.1, 0.15) is 42.4 Å². The Morgan fingerprint density at radius 2 is 1.97 bits per heavy atom. The van der Waals surface area contributed by atoms with Gasteiger partial charge in [-0.25, -0.2) is 28.7 Å². The van der Waals surface area contributed by atoms with Crippen molar-refractivity contribution in [2.75, 3.05) is 23.3 Å². The predicted octanol–water partition coefficient (Wildman–Crippen LogP) is 4.22. The zero-order valence-corrected chi connectivity index (χ0v) is 17.3. The second-order valence-electron chi connectivity index (χ2n) is 7.36. The maximum absolute atomic E-state index is 13.8. The van der Waals surface area contributed by atoms with E-state index in [9.17, 15) is 13.6 Å². The summed E-state index contributed by atoms with van der Waals surface area (Å²) in [6, 6.07) is 1.71. The molecule has 1 aliphatic rings. The highest BCUT2D eigenvalue weighted by Crippen LogP contribution is 2.39. The smallest absolute Gasteiger partial charge is 0.266 e. The summed E-state index contributed by atoms with van der Waals surface area (Å²) in [5.41, 5.74) is 1.24. The molecule has 0 bridgehead atoms. The molecule has 3 aromatic heterocycles. The van der Waals surface area contributed by atoms with Crippen molar-refractivity contribution in [3.05, 3.63) is 47.6 Å². The fourth-order valence-corrected chi connectivity index (χ4v) is 3.87. The fraction of sp³-hybridized carbons (Fsp3) is 0.350. The minimum absolute atomic E-state index is 0.139. The van der Waals surface area contributed by atoms with E-state index in [0.29, 0.717) is 27.9 Å². The molecule has 0 spiro atoms. The Kier molecular flexibility index (Phi) is 5.42. The van der Waals surface area contributed by atoms with E-state index in [1.165, 1.54) is 28.6 Å². The lowest BCUT2D eigenvalue weighted by atomic mass is 10.2. The van der Waals surface area contributed by atoms with E-state index >= 15 is 0 Å². The van der Waals surface area contributed by atoms with Crippen molar-refractivity contribution in [3.63, 3.8) is 0 Å². The van der Waals surface area contributed by atoms with Crippen molar-refractivity contribution in [1.29, 1.82) is 0 Å². The number of aromatic nitrogens is 4. The summed E-state index contributed by atoms with van der Waals surface area (Å²) in [7, 11) is 0. The largest absolute Gasteiger partial charge is 0.349 e. The van der Waals surface area contributed by atoms with Crippen molar-refractivity contribution < 1.29 is 13.6 Å². The molecule has 4 rings (SSSR count). The number of nitrogens with zero attached hydrogens (tertiary/aromatic N) is 5. The van der Waals surface area contributed by atoms with E-state index in [-0.39, 0.29) is 24.4 Å². The van der Waals surface area contributed by atoms with Gasteiger partial charge in [0.05, 0.1) is 17.8 Å². The topological polar surface area (TPSA) is 83.9 Å². The standard InChI is InChI=1S/C20H20F2N6OS/c1-12(2)16-25-9-13(10-26-16)18(29)27-15-14(19-24-6-8-30-19)3-5-23-17(15)28-7-4-20(21,22)11-28/h3,5-6,8-10,12H,4,7,11H2,1-2H3,(H,27,29). The molecule has 7 nitrogen and oxygen atoms in total. The highest BCUT2D eigenvalue weighted by atomic mass is 32.1. The van der Waals surface area contributed by atoms with E-state index in [1.54, 1.807) is 18.5 Å². The molecule has 3 aromatic rings. The van der Waals surface area contributed by atoms with Gasteiger partial charge in [0.1, 0.15) is 10.8 Å². The molecule has 1 amide bonds. The molecule has 0 unspecified atom stereocenters. The van der Waals surface area contributed by atoms with Crippen molar-refractivity contribution >= 4 is 28.7 Å². The number of anilines is 2. The highest BCUT2D eigenvalue weighted by molar-refractivity contribution is 7.13. The molecule has 4 heterocycles. The number of carbonyl (C=O) groups is 1. The van der Waals surface area contributed by atoms with E-state index in [1.807, 2.05) is 19.2 Å². The van der Waals surface area contributed by atoms with Gasteiger partial charge >= 0.3 is 0 Å². The lowest BCUT2D eigenvalue weighted by molar-refractivity contribution is 0.0257. The monoisotopic (exact) mass is 430 g/mol. The van der Waals surface area contributed by atoms with Gasteiger partial charge in [0, 0.05) is 54.6 Å². The van der Waals surface area contributed by atoms with Crippen LogP contribution in [0.4, 0.5) is 20.3 Å². The van der Waals surface area contributed by atoms with Gasteiger partial charge in [0.2, 0.25) is 0 Å².